The van der Waals surface area contributed by atoms with Crippen molar-refractivity contribution in [3.05, 3.63) is 132 Å². The van der Waals surface area contributed by atoms with E-state index in [2.05, 4.69) is 11.6 Å². The number of esters is 2. The number of thiazole rings is 1. The summed E-state index contributed by atoms with van der Waals surface area (Å²) < 4.78 is 31.8. The molecule has 0 N–H and O–H groups in total. The molecule has 1 aliphatic rings. The molecule has 11 heteroatoms. The van der Waals surface area contributed by atoms with E-state index in [-0.39, 0.29) is 38.8 Å². The number of halogens is 2. The molecule has 3 heterocycles. The van der Waals surface area contributed by atoms with Crippen LogP contribution in [0.2, 0.25) is 5.02 Å². The Morgan fingerprint density at radius 1 is 1.18 bits per heavy atom. The molecule has 0 amide bonds. The summed E-state index contributed by atoms with van der Waals surface area (Å²) in [5.74, 6) is -1.67. The van der Waals surface area contributed by atoms with E-state index in [1.165, 1.54) is 59.4 Å². The minimum absolute atomic E-state index is 0.0389. The molecule has 2 aromatic carbocycles. The molecule has 0 saturated carbocycles. The summed E-state index contributed by atoms with van der Waals surface area (Å²) in [5.41, 5.74) is 0.585. The Morgan fingerprint density at radius 3 is 2.62 bits per heavy atom. The molecule has 0 saturated heterocycles. The summed E-state index contributed by atoms with van der Waals surface area (Å²) in [6, 6.07) is 12.7. The fraction of sp³-hybridized carbons (Fsp3) is 0.103. The maximum Gasteiger partial charge on any atom is 0.379 e. The van der Waals surface area contributed by atoms with E-state index in [4.69, 9.17) is 25.5 Å². The number of carbonyl (C=O) groups excluding carboxylic acids is 2. The van der Waals surface area contributed by atoms with Crippen molar-refractivity contribution in [1.82, 2.24) is 4.57 Å². The standard InChI is InChI=1S/C29H20ClFN2O6S/c1-3-13-38-28(36)24-16(2)32-29-33(26(34)23(40-29)15-19-20(30)6-4-7-21(19)31)25(24)17-9-11-18(12-10-17)39-27(35)22-8-5-14-37-22/h3-12,14-15,25H,1,13H2,2H3/b23-15-/t25-/m1/s1. The predicted octanol–water partition coefficient (Wildman–Crippen LogP) is 4.57. The van der Waals surface area contributed by atoms with Crippen molar-refractivity contribution in [1.29, 1.82) is 0 Å². The van der Waals surface area contributed by atoms with Gasteiger partial charge in [-0.1, -0.05) is 53.8 Å². The van der Waals surface area contributed by atoms with Crippen molar-refractivity contribution in [2.24, 2.45) is 4.99 Å². The third-order valence-corrected chi connectivity index (χ3v) is 7.29. The van der Waals surface area contributed by atoms with Gasteiger partial charge >= 0.3 is 11.9 Å². The molecule has 0 spiro atoms. The molecule has 1 aliphatic heterocycles. The number of nitrogens with zero attached hydrogens (tertiary/aromatic N) is 2. The van der Waals surface area contributed by atoms with Crippen LogP contribution in [-0.2, 0) is 9.53 Å². The molecule has 5 rings (SSSR count). The van der Waals surface area contributed by atoms with Crippen LogP contribution in [0.15, 0.2) is 99.0 Å². The van der Waals surface area contributed by atoms with Crippen LogP contribution in [-0.4, -0.2) is 23.1 Å². The first-order chi connectivity index (χ1) is 19.3. The smallest absolute Gasteiger partial charge is 0.379 e. The van der Waals surface area contributed by atoms with E-state index >= 15 is 0 Å². The molecule has 1 atom stereocenters. The average molecular weight is 579 g/mol. The maximum atomic E-state index is 14.5. The van der Waals surface area contributed by atoms with Gasteiger partial charge in [0.2, 0.25) is 5.76 Å². The Morgan fingerprint density at radius 2 is 1.95 bits per heavy atom. The molecule has 0 aliphatic carbocycles. The Balaban J connectivity index is 1.61. The highest BCUT2D eigenvalue weighted by Crippen LogP contribution is 2.32. The summed E-state index contributed by atoms with van der Waals surface area (Å²) >= 11 is 7.22. The normalized spacial score (nSPS) is 14.9. The highest BCUT2D eigenvalue weighted by atomic mass is 35.5. The second-order valence-corrected chi connectivity index (χ2v) is 9.96. The molecule has 40 heavy (non-hydrogen) atoms. The summed E-state index contributed by atoms with van der Waals surface area (Å²) in [6.45, 7) is 5.17. The number of ether oxygens (including phenoxy) is 2. The molecule has 0 fully saturated rings. The molecule has 202 valence electrons. The first-order valence-corrected chi connectivity index (χ1v) is 13.1. The third-order valence-electron chi connectivity index (χ3n) is 5.98. The van der Waals surface area contributed by atoms with E-state index < -0.39 is 29.4 Å². The highest BCUT2D eigenvalue weighted by Gasteiger charge is 2.33. The van der Waals surface area contributed by atoms with Gasteiger partial charge < -0.3 is 13.9 Å². The van der Waals surface area contributed by atoms with Gasteiger partial charge in [-0.2, -0.15) is 0 Å². The minimum Gasteiger partial charge on any atom is -0.458 e. The van der Waals surface area contributed by atoms with Crippen LogP contribution in [0.5, 0.6) is 5.75 Å². The number of hydrogen-bond acceptors (Lipinski definition) is 8. The zero-order valence-electron chi connectivity index (χ0n) is 20.9. The van der Waals surface area contributed by atoms with Crippen molar-refractivity contribution in [2.75, 3.05) is 6.61 Å². The van der Waals surface area contributed by atoms with E-state index in [9.17, 15) is 18.8 Å². The molecular weight excluding hydrogens is 559 g/mol. The van der Waals surface area contributed by atoms with E-state index in [1.807, 2.05) is 0 Å². The van der Waals surface area contributed by atoms with Gasteiger partial charge in [0, 0.05) is 5.56 Å². The second kappa shape index (κ2) is 11.3. The van der Waals surface area contributed by atoms with Crippen LogP contribution in [0, 0.1) is 5.82 Å². The summed E-state index contributed by atoms with van der Waals surface area (Å²) in [6.07, 6.45) is 4.15. The van der Waals surface area contributed by atoms with Crippen LogP contribution in [0.1, 0.15) is 34.6 Å². The van der Waals surface area contributed by atoms with Gasteiger partial charge in [-0.3, -0.25) is 9.36 Å². The lowest BCUT2D eigenvalue weighted by Gasteiger charge is -2.24. The van der Waals surface area contributed by atoms with Crippen molar-refractivity contribution in [3.8, 4) is 5.75 Å². The van der Waals surface area contributed by atoms with Crippen molar-refractivity contribution in [2.45, 2.75) is 13.0 Å². The molecule has 2 aromatic heterocycles. The van der Waals surface area contributed by atoms with Gasteiger partial charge in [-0.25, -0.2) is 19.0 Å². The fourth-order valence-electron chi connectivity index (χ4n) is 4.16. The lowest BCUT2D eigenvalue weighted by Crippen LogP contribution is -2.40. The van der Waals surface area contributed by atoms with Crippen LogP contribution in [0.25, 0.3) is 6.08 Å². The van der Waals surface area contributed by atoms with E-state index in [0.29, 0.717) is 16.1 Å². The molecule has 4 aromatic rings. The SMILES string of the molecule is C=CCOC(=O)C1=C(C)N=c2s/c(=C\c3c(F)cccc3Cl)c(=O)n2[C@@H]1c1ccc(OC(=O)c2ccco2)cc1. The zero-order valence-corrected chi connectivity index (χ0v) is 22.5. The number of rotatable bonds is 7. The molecule has 8 nitrogen and oxygen atoms in total. The maximum absolute atomic E-state index is 14.5. The van der Waals surface area contributed by atoms with Gasteiger partial charge in [0.05, 0.1) is 33.1 Å². The highest BCUT2D eigenvalue weighted by molar-refractivity contribution is 7.07. The summed E-state index contributed by atoms with van der Waals surface area (Å²) in [4.78, 5) is 43.9. The van der Waals surface area contributed by atoms with Gasteiger partial charge in [0.25, 0.3) is 5.56 Å². The monoisotopic (exact) mass is 578 g/mol. The van der Waals surface area contributed by atoms with Crippen LogP contribution in [0.3, 0.4) is 0 Å². The number of aromatic nitrogens is 1. The van der Waals surface area contributed by atoms with E-state index in [0.717, 1.165) is 11.3 Å². The molecular formula is C29H20ClFN2O6S. The Labute approximate surface area is 235 Å². The topological polar surface area (TPSA) is 100 Å². The summed E-state index contributed by atoms with van der Waals surface area (Å²) in [5, 5.41) is 0.145. The molecule has 0 radical (unpaired) electrons. The minimum atomic E-state index is -0.929. The Bertz CT molecular complexity index is 1820. The number of hydrogen-bond donors (Lipinski definition) is 0. The van der Waals surface area contributed by atoms with Crippen LogP contribution in [0.4, 0.5) is 4.39 Å². The second-order valence-electron chi connectivity index (χ2n) is 8.54. The van der Waals surface area contributed by atoms with Crippen LogP contribution >= 0.6 is 22.9 Å². The number of allylic oxidation sites excluding steroid dienone is 1. The van der Waals surface area contributed by atoms with Gasteiger partial charge in [-0.05, 0) is 55.0 Å². The Hall–Kier alpha value is -4.54. The fourth-order valence-corrected chi connectivity index (χ4v) is 5.41. The lowest BCUT2D eigenvalue weighted by atomic mass is 9.96. The van der Waals surface area contributed by atoms with Gasteiger partial charge in [0.1, 0.15) is 18.2 Å². The average Bonchev–Trinajstić information content (AvgIpc) is 3.58. The van der Waals surface area contributed by atoms with Crippen molar-refractivity contribution in [3.63, 3.8) is 0 Å². The van der Waals surface area contributed by atoms with E-state index in [1.54, 1.807) is 25.1 Å². The molecule has 0 bridgehead atoms. The number of carbonyl (C=O) groups is 2. The number of furan rings is 1. The number of benzene rings is 2. The van der Waals surface area contributed by atoms with Gasteiger partial charge in [0.15, 0.2) is 4.80 Å². The third kappa shape index (κ3) is 5.18. The first-order valence-electron chi connectivity index (χ1n) is 11.9. The lowest BCUT2D eigenvalue weighted by molar-refractivity contribution is -0.138. The number of fused-ring (bicyclic) bond motifs is 1. The largest absolute Gasteiger partial charge is 0.458 e. The van der Waals surface area contributed by atoms with Crippen molar-refractivity contribution < 1.29 is 27.9 Å². The Kier molecular flexibility index (Phi) is 7.63. The predicted molar refractivity (Wildman–Crippen MR) is 146 cm³/mol. The van der Waals surface area contributed by atoms with Crippen molar-refractivity contribution >= 4 is 41.0 Å². The zero-order chi connectivity index (χ0) is 28.4. The summed E-state index contributed by atoms with van der Waals surface area (Å²) in [7, 11) is 0. The first kappa shape index (κ1) is 27.0. The quantitative estimate of drug-likeness (QED) is 0.181. The van der Waals surface area contributed by atoms with Gasteiger partial charge in [-0.15, -0.1) is 0 Å². The van der Waals surface area contributed by atoms with Crippen LogP contribution < -0.4 is 19.6 Å². The molecule has 0 unspecified atom stereocenters.